The van der Waals surface area contributed by atoms with Gasteiger partial charge in [0.25, 0.3) is 0 Å². The molecule has 1 saturated heterocycles. The number of rotatable bonds is 5. The number of nitrogens with two attached hydrogens (primary N) is 1. The molecule has 23 heavy (non-hydrogen) atoms. The number of methoxy groups -OCH3 is 1. The second kappa shape index (κ2) is 6.58. The van der Waals surface area contributed by atoms with Crippen molar-refractivity contribution in [3.05, 3.63) is 16.0 Å². The topological polar surface area (TPSA) is 107 Å². The van der Waals surface area contributed by atoms with Gasteiger partial charge in [0, 0.05) is 23.8 Å². The van der Waals surface area contributed by atoms with Gasteiger partial charge in [-0.1, -0.05) is 6.92 Å². The first-order chi connectivity index (χ1) is 10.7. The molecule has 7 nitrogen and oxygen atoms in total. The second-order valence-electron chi connectivity index (χ2n) is 5.57. The number of primary sulfonamides is 1. The van der Waals surface area contributed by atoms with E-state index in [-0.39, 0.29) is 30.5 Å². The van der Waals surface area contributed by atoms with Crippen molar-refractivity contribution in [1.29, 1.82) is 0 Å². The van der Waals surface area contributed by atoms with Gasteiger partial charge in [0.2, 0.25) is 15.9 Å². The monoisotopic (exact) mass is 360 g/mol. The molecular weight excluding hydrogens is 340 g/mol. The van der Waals surface area contributed by atoms with Crippen molar-refractivity contribution in [3.63, 3.8) is 0 Å². The minimum Gasteiger partial charge on any atom is -0.465 e. The van der Waals surface area contributed by atoms with E-state index in [4.69, 9.17) is 9.88 Å². The third kappa shape index (κ3) is 3.73. The summed E-state index contributed by atoms with van der Waals surface area (Å²) < 4.78 is 27.3. The predicted octanol–water partition coefficient (Wildman–Crippen LogP) is 1.05. The Kier molecular flexibility index (Phi) is 5.12. The summed E-state index contributed by atoms with van der Waals surface area (Å²) in [6.07, 6.45) is 0.755. The van der Waals surface area contributed by atoms with Crippen LogP contribution in [0.5, 0.6) is 0 Å². The van der Waals surface area contributed by atoms with Gasteiger partial charge in [0.1, 0.15) is 5.00 Å². The van der Waals surface area contributed by atoms with E-state index in [1.807, 2.05) is 13.8 Å². The lowest BCUT2D eigenvalue weighted by atomic mass is 10.1. The highest BCUT2D eigenvalue weighted by Crippen LogP contribution is 2.39. The zero-order chi connectivity index (χ0) is 17.4. The molecule has 0 aromatic carbocycles. The Balaban J connectivity index is 2.39. The summed E-state index contributed by atoms with van der Waals surface area (Å²) in [6.45, 7) is 4.06. The summed E-state index contributed by atoms with van der Waals surface area (Å²) in [5.41, 5.74) is 1.27. The summed E-state index contributed by atoms with van der Waals surface area (Å²) in [6, 6.07) is 0. The van der Waals surface area contributed by atoms with E-state index in [0.717, 1.165) is 10.4 Å². The van der Waals surface area contributed by atoms with Gasteiger partial charge < -0.3 is 9.64 Å². The van der Waals surface area contributed by atoms with Crippen LogP contribution in [0.3, 0.4) is 0 Å². The smallest absolute Gasteiger partial charge is 0.341 e. The van der Waals surface area contributed by atoms with Crippen molar-refractivity contribution in [2.45, 2.75) is 26.7 Å². The Bertz CT molecular complexity index is 739. The molecule has 2 heterocycles. The molecule has 128 valence electrons. The summed E-state index contributed by atoms with van der Waals surface area (Å²) in [4.78, 5) is 26.9. The number of aryl methyl sites for hydroxylation is 1. The van der Waals surface area contributed by atoms with Gasteiger partial charge in [-0.3, -0.25) is 4.79 Å². The summed E-state index contributed by atoms with van der Waals surface area (Å²) in [7, 11) is -2.34. The van der Waals surface area contributed by atoms with E-state index in [9.17, 15) is 18.0 Å². The maximum Gasteiger partial charge on any atom is 0.341 e. The molecule has 1 aromatic heterocycles. The zero-order valence-electron chi connectivity index (χ0n) is 13.3. The molecule has 1 aromatic rings. The van der Waals surface area contributed by atoms with Crippen molar-refractivity contribution < 1.29 is 22.7 Å². The van der Waals surface area contributed by atoms with Gasteiger partial charge in [-0.25, -0.2) is 18.4 Å². The normalized spacial score (nSPS) is 18.5. The molecule has 0 spiro atoms. The molecule has 1 aliphatic rings. The summed E-state index contributed by atoms with van der Waals surface area (Å²) in [5.74, 6) is -1.29. The molecule has 2 rings (SSSR count). The summed E-state index contributed by atoms with van der Waals surface area (Å²) >= 11 is 1.35. The van der Waals surface area contributed by atoms with Gasteiger partial charge in [-0.15, -0.1) is 11.3 Å². The standard InChI is InChI=1S/C14H20N2O5S2/c1-4-10-8(2)22-13(12(10)14(18)21-3)16-6-9(5-11(16)17)7-23(15,19)20/h9H,4-7H2,1-3H3,(H2,15,19,20). The third-order valence-electron chi connectivity index (χ3n) is 3.85. The Hall–Kier alpha value is -1.45. The molecule has 1 fully saturated rings. The van der Waals surface area contributed by atoms with Crippen LogP contribution in [0.15, 0.2) is 0 Å². The van der Waals surface area contributed by atoms with Gasteiger partial charge >= 0.3 is 5.97 Å². The molecule has 1 amide bonds. The van der Waals surface area contributed by atoms with Crippen LogP contribution in [-0.4, -0.2) is 39.7 Å². The number of anilines is 1. The Labute approximate surface area is 139 Å². The second-order valence-corrected chi connectivity index (χ2v) is 8.43. The van der Waals surface area contributed by atoms with Crippen LogP contribution in [0.25, 0.3) is 0 Å². The van der Waals surface area contributed by atoms with Gasteiger partial charge in [-0.05, 0) is 18.9 Å². The van der Waals surface area contributed by atoms with E-state index < -0.39 is 16.0 Å². The van der Waals surface area contributed by atoms with Crippen molar-refractivity contribution in [3.8, 4) is 0 Å². The Morgan fingerprint density at radius 3 is 2.65 bits per heavy atom. The fourth-order valence-electron chi connectivity index (χ4n) is 2.91. The van der Waals surface area contributed by atoms with Crippen LogP contribution in [0.4, 0.5) is 5.00 Å². The number of hydrogen-bond donors (Lipinski definition) is 1. The number of esters is 1. The van der Waals surface area contributed by atoms with E-state index in [1.165, 1.54) is 23.3 Å². The van der Waals surface area contributed by atoms with Crippen LogP contribution in [-0.2, 0) is 26.0 Å². The van der Waals surface area contributed by atoms with Crippen LogP contribution >= 0.6 is 11.3 Å². The highest BCUT2D eigenvalue weighted by atomic mass is 32.2. The van der Waals surface area contributed by atoms with Crippen LogP contribution < -0.4 is 10.0 Å². The van der Waals surface area contributed by atoms with Crippen LogP contribution in [0, 0.1) is 12.8 Å². The lowest BCUT2D eigenvalue weighted by Gasteiger charge is -2.16. The van der Waals surface area contributed by atoms with Crippen molar-refractivity contribution in [1.82, 2.24) is 0 Å². The maximum absolute atomic E-state index is 12.3. The number of ether oxygens (including phenoxy) is 1. The summed E-state index contributed by atoms with van der Waals surface area (Å²) in [5, 5.41) is 5.60. The average Bonchev–Trinajstić information content (AvgIpc) is 2.95. The first kappa shape index (κ1) is 17.9. The molecule has 1 atom stereocenters. The van der Waals surface area contributed by atoms with E-state index in [2.05, 4.69) is 0 Å². The van der Waals surface area contributed by atoms with Gasteiger partial charge in [0.05, 0.1) is 18.4 Å². The number of amides is 1. The number of thiophene rings is 1. The first-order valence-corrected chi connectivity index (χ1v) is 9.72. The maximum atomic E-state index is 12.3. The minimum absolute atomic E-state index is 0.107. The quantitative estimate of drug-likeness (QED) is 0.790. The number of nitrogens with zero attached hydrogens (tertiary/aromatic N) is 1. The molecule has 2 N–H and O–H groups in total. The Morgan fingerprint density at radius 2 is 2.13 bits per heavy atom. The number of sulfonamides is 1. The fourth-order valence-corrected chi connectivity index (χ4v) is 5.04. The SMILES string of the molecule is CCc1c(C)sc(N2CC(CS(N)(=O)=O)CC2=O)c1C(=O)OC. The third-order valence-corrected chi connectivity index (χ3v) is 5.96. The van der Waals surface area contributed by atoms with E-state index in [0.29, 0.717) is 17.0 Å². The number of carbonyl (C=O) groups excluding carboxylic acids is 2. The lowest BCUT2D eigenvalue weighted by Crippen LogP contribution is -2.28. The molecule has 0 bridgehead atoms. The first-order valence-electron chi connectivity index (χ1n) is 7.19. The van der Waals surface area contributed by atoms with Crippen molar-refractivity contribution in [2.75, 3.05) is 24.3 Å². The molecule has 1 aliphatic heterocycles. The highest BCUT2D eigenvalue weighted by molar-refractivity contribution is 7.89. The number of hydrogen-bond acceptors (Lipinski definition) is 6. The van der Waals surface area contributed by atoms with Gasteiger partial charge in [0.15, 0.2) is 0 Å². The lowest BCUT2D eigenvalue weighted by molar-refractivity contribution is -0.117. The number of carbonyl (C=O) groups is 2. The molecular formula is C14H20N2O5S2. The zero-order valence-corrected chi connectivity index (χ0v) is 14.9. The van der Waals surface area contributed by atoms with Crippen LogP contribution in [0.1, 0.15) is 34.1 Å². The predicted molar refractivity (Wildman–Crippen MR) is 88.2 cm³/mol. The molecule has 0 saturated carbocycles. The van der Waals surface area contributed by atoms with Crippen molar-refractivity contribution >= 4 is 38.2 Å². The van der Waals surface area contributed by atoms with E-state index in [1.54, 1.807) is 0 Å². The van der Waals surface area contributed by atoms with Gasteiger partial charge in [-0.2, -0.15) is 0 Å². The van der Waals surface area contributed by atoms with E-state index >= 15 is 0 Å². The molecule has 0 radical (unpaired) electrons. The molecule has 0 aliphatic carbocycles. The minimum atomic E-state index is -3.64. The average molecular weight is 360 g/mol. The Morgan fingerprint density at radius 1 is 1.48 bits per heavy atom. The van der Waals surface area contributed by atoms with Crippen molar-refractivity contribution in [2.24, 2.45) is 11.1 Å². The largest absolute Gasteiger partial charge is 0.465 e. The van der Waals surface area contributed by atoms with Crippen LogP contribution in [0.2, 0.25) is 0 Å². The fraction of sp³-hybridized carbons (Fsp3) is 0.571. The highest BCUT2D eigenvalue weighted by Gasteiger charge is 2.36. The molecule has 9 heteroatoms. The molecule has 1 unspecified atom stereocenters.